The average molecular weight is 396 g/mol. The first kappa shape index (κ1) is 18.2. The molecule has 3 heterocycles. The van der Waals surface area contributed by atoms with E-state index in [1.165, 1.54) is 6.08 Å². The van der Waals surface area contributed by atoms with Gasteiger partial charge in [-0.25, -0.2) is 4.98 Å². The van der Waals surface area contributed by atoms with Crippen molar-refractivity contribution in [2.45, 2.75) is 12.3 Å². The Hall–Kier alpha value is -3.80. The summed E-state index contributed by atoms with van der Waals surface area (Å²) in [7, 11) is 0. The van der Waals surface area contributed by atoms with Crippen LogP contribution < -0.4 is 5.56 Å². The third kappa shape index (κ3) is 3.06. The van der Waals surface area contributed by atoms with Crippen LogP contribution in [-0.4, -0.2) is 38.8 Å². The molecule has 4 aromatic rings. The molecule has 148 valence electrons. The number of nitrogens with zero attached hydrogens (tertiary/aromatic N) is 3. The highest BCUT2D eigenvalue weighted by molar-refractivity contribution is 5.97. The minimum Gasteiger partial charge on any atom is -0.338 e. The van der Waals surface area contributed by atoms with Crippen LogP contribution in [0.3, 0.4) is 0 Å². The number of amides is 1. The van der Waals surface area contributed by atoms with Crippen LogP contribution in [0.5, 0.6) is 0 Å². The Kier molecular flexibility index (Phi) is 4.39. The molecule has 1 aliphatic rings. The van der Waals surface area contributed by atoms with Gasteiger partial charge < -0.3 is 9.88 Å². The molecule has 5 rings (SSSR count). The van der Waals surface area contributed by atoms with Crippen LogP contribution in [0.4, 0.5) is 0 Å². The van der Waals surface area contributed by atoms with Crippen LogP contribution in [0.25, 0.3) is 32.8 Å². The zero-order valence-corrected chi connectivity index (χ0v) is 16.3. The number of nitrogens with one attached hydrogen (secondary N) is 1. The van der Waals surface area contributed by atoms with Crippen molar-refractivity contribution in [1.29, 1.82) is 0 Å². The van der Waals surface area contributed by atoms with E-state index in [-0.39, 0.29) is 17.4 Å². The maximum Gasteiger partial charge on any atom is 0.258 e. The van der Waals surface area contributed by atoms with Crippen LogP contribution in [0.1, 0.15) is 18.2 Å². The largest absolute Gasteiger partial charge is 0.338 e. The highest BCUT2D eigenvalue weighted by atomic mass is 16.2. The summed E-state index contributed by atoms with van der Waals surface area (Å²) in [4.78, 5) is 38.4. The van der Waals surface area contributed by atoms with Gasteiger partial charge in [-0.3, -0.25) is 14.6 Å². The molecular formula is C24H20N4O2. The number of carbonyl (C=O) groups excluding carboxylic acids is 1. The molecule has 1 amide bonds. The number of aromatic amines is 1. The Morgan fingerprint density at radius 3 is 2.90 bits per heavy atom. The van der Waals surface area contributed by atoms with Crippen LogP contribution in [0, 0.1) is 0 Å². The van der Waals surface area contributed by atoms with Crippen LogP contribution in [0.2, 0.25) is 0 Å². The summed E-state index contributed by atoms with van der Waals surface area (Å²) in [6.45, 7) is 4.72. The van der Waals surface area contributed by atoms with Gasteiger partial charge in [-0.1, -0.05) is 36.9 Å². The summed E-state index contributed by atoms with van der Waals surface area (Å²) in [5.74, 6) is 0.563. The third-order valence-corrected chi connectivity index (χ3v) is 5.76. The van der Waals surface area contributed by atoms with Crippen LogP contribution in [-0.2, 0) is 4.79 Å². The Bertz CT molecular complexity index is 1350. The van der Waals surface area contributed by atoms with E-state index in [0.29, 0.717) is 29.8 Å². The van der Waals surface area contributed by atoms with Gasteiger partial charge in [0.05, 0.1) is 10.9 Å². The van der Waals surface area contributed by atoms with Gasteiger partial charge in [0, 0.05) is 42.4 Å². The molecule has 0 saturated carbocycles. The Morgan fingerprint density at radius 1 is 1.17 bits per heavy atom. The molecule has 2 aromatic heterocycles. The van der Waals surface area contributed by atoms with E-state index in [1.807, 2.05) is 48.8 Å². The topological polar surface area (TPSA) is 79.0 Å². The smallest absolute Gasteiger partial charge is 0.258 e. The number of pyridine rings is 1. The van der Waals surface area contributed by atoms with Crippen LogP contribution >= 0.6 is 0 Å². The average Bonchev–Trinajstić information content (AvgIpc) is 3.28. The van der Waals surface area contributed by atoms with Crippen LogP contribution in [0.15, 0.2) is 72.3 Å². The van der Waals surface area contributed by atoms with Gasteiger partial charge in [0.15, 0.2) is 0 Å². The van der Waals surface area contributed by atoms with Gasteiger partial charge in [0.25, 0.3) is 5.56 Å². The molecule has 1 atom stereocenters. The molecule has 0 spiro atoms. The molecule has 1 aliphatic heterocycles. The molecule has 0 radical (unpaired) electrons. The highest BCUT2D eigenvalue weighted by Gasteiger charge is 2.28. The number of benzene rings is 2. The first-order valence-electron chi connectivity index (χ1n) is 9.92. The number of H-pyrrole nitrogens is 1. The summed E-state index contributed by atoms with van der Waals surface area (Å²) in [6.07, 6.45) is 5.75. The maximum atomic E-state index is 12.9. The second kappa shape index (κ2) is 7.22. The predicted molar refractivity (Wildman–Crippen MR) is 117 cm³/mol. The van der Waals surface area contributed by atoms with Gasteiger partial charge in [-0.15, -0.1) is 0 Å². The van der Waals surface area contributed by atoms with Gasteiger partial charge in [-0.2, -0.15) is 0 Å². The number of aromatic nitrogens is 3. The third-order valence-electron chi connectivity index (χ3n) is 5.76. The number of hydrogen-bond acceptors (Lipinski definition) is 4. The first-order valence-corrected chi connectivity index (χ1v) is 9.92. The van der Waals surface area contributed by atoms with Crippen molar-refractivity contribution in [3.8, 4) is 11.1 Å². The molecule has 30 heavy (non-hydrogen) atoms. The summed E-state index contributed by atoms with van der Waals surface area (Å²) in [5, 5.41) is 2.68. The molecule has 0 aliphatic carbocycles. The SMILES string of the molecule is C=CC(=O)N1CCC(c2nc3ccc(-c4cncc5ccccc45)cc3c(=O)[nH]2)C1. The molecule has 1 unspecified atom stereocenters. The quantitative estimate of drug-likeness (QED) is 0.536. The lowest BCUT2D eigenvalue weighted by Gasteiger charge is -2.14. The normalized spacial score (nSPS) is 16.3. The predicted octanol–water partition coefficient (Wildman–Crippen LogP) is 3.64. The molecule has 6 nitrogen and oxygen atoms in total. The Labute approximate surface area is 172 Å². The fraction of sp³-hybridized carbons (Fsp3) is 0.167. The molecule has 6 heteroatoms. The summed E-state index contributed by atoms with van der Waals surface area (Å²) in [6, 6.07) is 13.8. The van der Waals surface area contributed by atoms with Crippen molar-refractivity contribution < 1.29 is 4.79 Å². The summed E-state index contributed by atoms with van der Waals surface area (Å²) < 4.78 is 0. The fourth-order valence-electron chi connectivity index (χ4n) is 4.18. The minimum absolute atomic E-state index is 0.0212. The molecule has 2 aromatic carbocycles. The first-order chi connectivity index (χ1) is 14.6. The molecule has 1 saturated heterocycles. The molecular weight excluding hydrogens is 376 g/mol. The second-order valence-corrected chi connectivity index (χ2v) is 7.57. The highest BCUT2D eigenvalue weighted by Crippen LogP contribution is 2.30. The van der Waals surface area contributed by atoms with Gasteiger partial charge >= 0.3 is 0 Å². The fourth-order valence-corrected chi connectivity index (χ4v) is 4.18. The van der Waals surface area contributed by atoms with Crippen molar-refractivity contribution >= 4 is 27.6 Å². The Balaban J connectivity index is 1.55. The standard InChI is InChI=1S/C24H20N4O2/c1-2-22(29)28-10-9-17(14-28)23-26-21-8-7-15(11-19(21)24(30)27-23)20-13-25-12-16-5-3-4-6-18(16)20/h2-8,11-13,17H,1,9-10,14H2,(H,26,27,30). The van der Waals surface area contributed by atoms with E-state index < -0.39 is 0 Å². The van der Waals surface area contributed by atoms with E-state index in [9.17, 15) is 9.59 Å². The maximum absolute atomic E-state index is 12.9. The van der Waals surface area contributed by atoms with E-state index in [4.69, 9.17) is 4.98 Å². The van der Waals surface area contributed by atoms with E-state index >= 15 is 0 Å². The van der Waals surface area contributed by atoms with E-state index in [0.717, 1.165) is 28.3 Å². The number of rotatable bonds is 3. The molecule has 1 fully saturated rings. The van der Waals surface area contributed by atoms with Crippen molar-refractivity contribution in [2.75, 3.05) is 13.1 Å². The number of fused-ring (bicyclic) bond motifs is 2. The van der Waals surface area contributed by atoms with Gasteiger partial charge in [0.1, 0.15) is 5.82 Å². The van der Waals surface area contributed by atoms with Gasteiger partial charge in [-0.05, 0) is 35.6 Å². The van der Waals surface area contributed by atoms with Crippen molar-refractivity contribution in [2.24, 2.45) is 0 Å². The van der Waals surface area contributed by atoms with Crippen molar-refractivity contribution in [3.63, 3.8) is 0 Å². The molecule has 1 N–H and O–H groups in total. The van der Waals surface area contributed by atoms with Crippen molar-refractivity contribution in [3.05, 3.63) is 83.7 Å². The zero-order valence-electron chi connectivity index (χ0n) is 16.3. The molecule has 0 bridgehead atoms. The van der Waals surface area contributed by atoms with E-state index in [1.54, 1.807) is 4.90 Å². The van der Waals surface area contributed by atoms with Gasteiger partial charge in [0.2, 0.25) is 5.91 Å². The minimum atomic E-state index is -0.168. The monoisotopic (exact) mass is 396 g/mol. The number of hydrogen-bond donors (Lipinski definition) is 1. The lowest BCUT2D eigenvalue weighted by Crippen LogP contribution is -2.26. The zero-order chi connectivity index (χ0) is 20.7. The lowest BCUT2D eigenvalue weighted by atomic mass is 9.99. The summed E-state index contributed by atoms with van der Waals surface area (Å²) in [5.41, 5.74) is 2.39. The second-order valence-electron chi connectivity index (χ2n) is 7.57. The summed E-state index contributed by atoms with van der Waals surface area (Å²) >= 11 is 0. The number of carbonyl (C=O) groups is 1. The number of likely N-dealkylation sites (tertiary alicyclic amines) is 1. The lowest BCUT2D eigenvalue weighted by molar-refractivity contribution is -0.125. The van der Waals surface area contributed by atoms with Crippen molar-refractivity contribution in [1.82, 2.24) is 19.9 Å². The Morgan fingerprint density at radius 2 is 2.03 bits per heavy atom. The van der Waals surface area contributed by atoms with E-state index in [2.05, 4.69) is 22.6 Å².